The summed E-state index contributed by atoms with van der Waals surface area (Å²) in [5.41, 5.74) is 1.44. The molecule has 2 amide bonds. The predicted molar refractivity (Wildman–Crippen MR) is 153 cm³/mol. The van der Waals surface area contributed by atoms with Crippen LogP contribution in [0.4, 0.5) is 11.4 Å². The van der Waals surface area contributed by atoms with E-state index in [9.17, 15) is 28.1 Å². The molecule has 3 rings (SSSR count). The number of nitrogens with one attached hydrogen (secondary N) is 1. The summed E-state index contributed by atoms with van der Waals surface area (Å²) in [6, 6.07) is 19.3. The second-order valence-electron chi connectivity index (χ2n) is 9.32. The van der Waals surface area contributed by atoms with Gasteiger partial charge in [0.2, 0.25) is 11.8 Å². The summed E-state index contributed by atoms with van der Waals surface area (Å²) in [7, 11) is -4.31. The third-order valence-corrected chi connectivity index (χ3v) is 8.14. The summed E-state index contributed by atoms with van der Waals surface area (Å²) in [5, 5.41) is 14.3. The van der Waals surface area contributed by atoms with Crippen molar-refractivity contribution in [2.45, 2.75) is 51.1 Å². The van der Waals surface area contributed by atoms with Gasteiger partial charge < -0.3 is 10.2 Å². The molecule has 0 spiro atoms. The van der Waals surface area contributed by atoms with E-state index in [-0.39, 0.29) is 28.7 Å². The average molecular weight is 567 g/mol. The highest BCUT2D eigenvalue weighted by Gasteiger charge is 2.34. The molecule has 0 aliphatic carbocycles. The molecule has 3 aromatic carbocycles. The molecule has 0 unspecified atom stereocenters. The van der Waals surface area contributed by atoms with E-state index < -0.39 is 33.4 Å². The Hall–Kier alpha value is -4.25. The van der Waals surface area contributed by atoms with Gasteiger partial charge in [-0.25, -0.2) is 8.42 Å². The Bertz CT molecular complexity index is 1430. The summed E-state index contributed by atoms with van der Waals surface area (Å²) < 4.78 is 28.4. The Morgan fingerprint density at radius 3 is 2.25 bits per heavy atom. The van der Waals surface area contributed by atoms with Crippen LogP contribution in [-0.4, -0.2) is 49.2 Å². The summed E-state index contributed by atoms with van der Waals surface area (Å²) >= 11 is 0. The quantitative estimate of drug-likeness (QED) is 0.241. The van der Waals surface area contributed by atoms with E-state index in [1.807, 2.05) is 38.1 Å². The molecule has 212 valence electrons. The van der Waals surface area contributed by atoms with E-state index in [0.717, 1.165) is 21.5 Å². The predicted octanol–water partition coefficient (Wildman–Crippen LogP) is 4.43. The summed E-state index contributed by atoms with van der Waals surface area (Å²) in [6.45, 7) is 5.48. The van der Waals surface area contributed by atoms with Crippen LogP contribution < -0.4 is 9.62 Å². The molecule has 10 nitrogen and oxygen atoms in total. The molecule has 0 bridgehead atoms. The maximum atomic E-state index is 14.0. The van der Waals surface area contributed by atoms with Crippen LogP contribution in [0, 0.1) is 17.0 Å². The molecule has 3 aromatic rings. The molecular weight excluding hydrogens is 532 g/mol. The lowest BCUT2D eigenvalue weighted by Gasteiger charge is -2.33. The fraction of sp³-hybridized carbons (Fsp3) is 0.310. The van der Waals surface area contributed by atoms with Gasteiger partial charge in [-0.15, -0.1) is 0 Å². The van der Waals surface area contributed by atoms with Crippen LogP contribution in [0.15, 0.2) is 83.8 Å². The van der Waals surface area contributed by atoms with Gasteiger partial charge in [-0.05, 0) is 43.5 Å². The van der Waals surface area contributed by atoms with E-state index in [2.05, 4.69) is 5.32 Å². The van der Waals surface area contributed by atoms with Crippen molar-refractivity contribution < 1.29 is 22.9 Å². The number of benzene rings is 3. The van der Waals surface area contributed by atoms with Crippen LogP contribution in [0.25, 0.3) is 0 Å². The number of hydrogen-bond acceptors (Lipinski definition) is 6. The highest BCUT2D eigenvalue weighted by molar-refractivity contribution is 7.92. The number of rotatable bonds is 13. The topological polar surface area (TPSA) is 130 Å². The zero-order valence-corrected chi connectivity index (χ0v) is 23.6. The van der Waals surface area contributed by atoms with Crippen molar-refractivity contribution >= 4 is 33.2 Å². The summed E-state index contributed by atoms with van der Waals surface area (Å²) in [6.07, 6.45) is 1.01. The molecule has 0 fully saturated rings. The van der Waals surface area contributed by atoms with Crippen LogP contribution in [-0.2, 0) is 26.2 Å². The van der Waals surface area contributed by atoms with Gasteiger partial charge >= 0.3 is 0 Å². The van der Waals surface area contributed by atoms with Crippen LogP contribution in [0.2, 0.25) is 0 Å². The van der Waals surface area contributed by atoms with Crippen LogP contribution >= 0.6 is 0 Å². The first-order chi connectivity index (χ1) is 19.1. The minimum absolute atomic E-state index is 0.0369. The summed E-state index contributed by atoms with van der Waals surface area (Å²) in [4.78, 5) is 39.2. The molecule has 1 atom stereocenters. The highest BCUT2D eigenvalue weighted by atomic mass is 32.2. The summed E-state index contributed by atoms with van der Waals surface area (Å²) in [5.74, 6) is -0.956. The van der Waals surface area contributed by atoms with Gasteiger partial charge in [0.1, 0.15) is 12.6 Å². The van der Waals surface area contributed by atoms with Crippen molar-refractivity contribution in [3.63, 3.8) is 0 Å². The van der Waals surface area contributed by atoms with Gasteiger partial charge in [0, 0.05) is 25.2 Å². The Labute approximate surface area is 234 Å². The number of carbonyl (C=O) groups excluding carboxylic acids is 2. The molecule has 0 saturated carbocycles. The Balaban J connectivity index is 2.07. The lowest BCUT2D eigenvalue weighted by molar-refractivity contribution is -0.384. The number of anilines is 1. The third kappa shape index (κ3) is 7.44. The second kappa shape index (κ2) is 13.7. The maximum absolute atomic E-state index is 14.0. The van der Waals surface area contributed by atoms with Crippen molar-refractivity contribution in [3.05, 3.63) is 100 Å². The Morgan fingerprint density at radius 1 is 0.975 bits per heavy atom. The zero-order chi connectivity index (χ0) is 29.3. The molecule has 0 aliphatic heterocycles. The molecular formula is C29H34N4O6S. The van der Waals surface area contributed by atoms with Crippen molar-refractivity contribution in [1.29, 1.82) is 0 Å². The van der Waals surface area contributed by atoms with Gasteiger partial charge in [0.05, 0.1) is 15.5 Å². The van der Waals surface area contributed by atoms with E-state index in [1.54, 1.807) is 25.1 Å². The minimum Gasteiger partial charge on any atom is -0.354 e. The van der Waals surface area contributed by atoms with E-state index in [0.29, 0.717) is 19.4 Å². The normalized spacial score (nSPS) is 11.9. The van der Waals surface area contributed by atoms with Crippen LogP contribution in [0.1, 0.15) is 37.8 Å². The van der Waals surface area contributed by atoms with Crippen LogP contribution in [0.3, 0.4) is 0 Å². The molecule has 0 heterocycles. The maximum Gasteiger partial charge on any atom is 0.271 e. The first-order valence-electron chi connectivity index (χ1n) is 13.0. The monoisotopic (exact) mass is 566 g/mol. The molecule has 0 aliphatic rings. The Kier molecular flexibility index (Phi) is 10.4. The fourth-order valence-electron chi connectivity index (χ4n) is 4.19. The first-order valence-corrected chi connectivity index (χ1v) is 14.5. The smallest absolute Gasteiger partial charge is 0.271 e. The number of carbonyl (C=O) groups is 2. The second-order valence-corrected chi connectivity index (χ2v) is 11.2. The number of sulfonamides is 1. The van der Waals surface area contributed by atoms with E-state index >= 15 is 0 Å². The average Bonchev–Trinajstić information content (AvgIpc) is 2.96. The number of hydrogen-bond donors (Lipinski definition) is 1. The molecule has 11 heteroatoms. The van der Waals surface area contributed by atoms with Gasteiger partial charge in [0.25, 0.3) is 15.7 Å². The highest BCUT2D eigenvalue weighted by Crippen LogP contribution is 2.27. The molecule has 0 aromatic heterocycles. The lowest BCUT2D eigenvalue weighted by atomic mass is 10.1. The number of amides is 2. The number of nitro benzene ring substituents is 1. The van der Waals surface area contributed by atoms with Gasteiger partial charge in [-0.2, -0.15) is 0 Å². The van der Waals surface area contributed by atoms with Crippen molar-refractivity contribution in [2.75, 3.05) is 17.4 Å². The number of nitrogens with zero attached hydrogens (tertiary/aromatic N) is 3. The number of non-ortho nitro benzene ring substituents is 1. The van der Waals surface area contributed by atoms with Gasteiger partial charge in [-0.1, -0.05) is 67.9 Å². The minimum atomic E-state index is -4.31. The fourth-order valence-corrected chi connectivity index (χ4v) is 5.61. The SMILES string of the molecule is CCCNC(=O)[C@H](CC)N(Cc1ccc(C)cc1)C(=O)CN(c1cccc([N+](=O)[O-])c1)S(=O)(=O)c1ccccc1. The lowest BCUT2D eigenvalue weighted by Crippen LogP contribution is -2.52. The zero-order valence-electron chi connectivity index (χ0n) is 22.8. The standard InChI is InChI=1S/C29H34N4O6S/c1-4-18-30-29(35)27(5-2)31(20-23-16-14-22(3)15-17-23)28(34)21-32(24-10-9-11-25(19-24)33(36)37)40(38,39)26-12-7-6-8-13-26/h6-17,19,27H,4-5,18,20-21H2,1-3H3,(H,30,35)/t27-/m0/s1. The third-order valence-electron chi connectivity index (χ3n) is 6.35. The van der Waals surface area contributed by atoms with Gasteiger partial charge in [-0.3, -0.25) is 24.0 Å². The van der Waals surface area contributed by atoms with Crippen molar-refractivity contribution in [2.24, 2.45) is 0 Å². The van der Waals surface area contributed by atoms with Crippen molar-refractivity contribution in [3.8, 4) is 0 Å². The largest absolute Gasteiger partial charge is 0.354 e. The number of nitro groups is 1. The van der Waals surface area contributed by atoms with Crippen molar-refractivity contribution in [1.82, 2.24) is 10.2 Å². The first kappa shape index (κ1) is 30.3. The number of aryl methyl sites for hydroxylation is 1. The molecule has 1 N–H and O–H groups in total. The van der Waals surface area contributed by atoms with Crippen LogP contribution in [0.5, 0.6) is 0 Å². The van der Waals surface area contributed by atoms with Gasteiger partial charge in [0.15, 0.2) is 0 Å². The molecule has 0 radical (unpaired) electrons. The van der Waals surface area contributed by atoms with E-state index in [1.165, 1.54) is 35.2 Å². The van der Waals surface area contributed by atoms with E-state index in [4.69, 9.17) is 0 Å². The Morgan fingerprint density at radius 2 is 1.65 bits per heavy atom. The molecule has 40 heavy (non-hydrogen) atoms. The molecule has 0 saturated heterocycles.